The third-order valence-corrected chi connectivity index (χ3v) is 7.29. The second-order valence-corrected chi connectivity index (χ2v) is 10.4. The van der Waals surface area contributed by atoms with E-state index in [-0.39, 0.29) is 18.4 Å². The van der Waals surface area contributed by atoms with E-state index >= 15 is 0 Å². The molecule has 2 unspecified atom stereocenters. The Hall–Kier alpha value is -4.28. The van der Waals surface area contributed by atoms with Crippen LogP contribution in [0.2, 0.25) is 5.02 Å². The number of carbonyl (C=O) groups excluding carboxylic acids is 2. The lowest BCUT2D eigenvalue weighted by Crippen LogP contribution is -2.46. The van der Waals surface area contributed by atoms with E-state index in [1.165, 1.54) is 11.1 Å². The molecule has 5 rings (SSSR count). The highest BCUT2D eigenvalue weighted by molar-refractivity contribution is 6.33. The van der Waals surface area contributed by atoms with E-state index in [0.717, 1.165) is 28.1 Å². The molecule has 2 amide bonds. The van der Waals surface area contributed by atoms with Crippen LogP contribution >= 0.6 is 11.6 Å². The van der Waals surface area contributed by atoms with Crippen LogP contribution in [0.5, 0.6) is 0 Å². The number of rotatable bonds is 8. The maximum Gasteiger partial charge on any atom is 0.255 e. The Morgan fingerprint density at radius 3 is 2.70 bits per heavy atom. The van der Waals surface area contributed by atoms with Gasteiger partial charge in [-0.15, -0.1) is 0 Å². The summed E-state index contributed by atoms with van der Waals surface area (Å²) >= 11 is 6.46. The highest BCUT2D eigenvalue weighted by Crippen LogP contribution is 2.33. The normalized spacial score (nSPS) is 14.2. The molecular formula is C29H30ClN7O3. The summed E-state index contributed by atoms with van der Waals surface area (Å²) in [4.78, 5) is 37.0. The molecule has 3 N–H and O–H groups in total. The minimum absolute atomic E-state index is 0.254. The fourth-order valence-corrected chi connectivity index (χ4v) is 5.01. The van der Waals surface area contributed by atoms with Gasteiger partial charge in [0.1, 0.15) is 6.04 Å². The van der Waals surface area contributed by atoms with E-state index in [1.54, 1.807) is 17.7 Å². The van der Waals surface area contributed by atoms with Gasteiger partial charge in [-0.3, -0.25) is 14.3 Å². The number of carbonyl (C=O) groups is 2. The Labute approximate surface area is 237 Å². The number of fused-ring (bicyclic) bond motifs is 1. The number of benzene rings is 2. The van der Waals surface area contributed by atoms with Crippen LogP contribution in [0.25, 0.3) is 11.3 Å². The molecule has 0 saturated carbocycles. The Kier molecular flexibility index (Phi) is 7.55. The van der Waals surface area contributed by atoms with Crippen molar-refractivity contribution in [1.29, 1.82) is 0 Å². The first kappa shape index (κ1) is 27.3. The second kappa shape index (κ2) is 11.1. The summed E-state index contributed by atoms with van der Waals surface area (Å²) in [5, 5.41) is 20.6. The number of aryl methyl sites for hydroxylation is 3. The third kappa shape index (κ3) is 5.41. The molecule has 2 aromatic heterocycles. The molecule has 206 valence electrons. The number of hydrogen-bond donors (Lipinski definition) is 3. The fourth-order valence-electron chi connectivity index (χ4n) is 4.81. The summed E-state index contributed by atoms with van der Waals surface area (Å²) in [5.74, 6) is -0.256. The van der Waals surface area contributed by atoms with E-state index < -0.39 is 12.1 Å². The number of aromatic nitrogens is 4. The molecule has 0 saturated heterocycles. The molecule has 11 heteroatoms. The van der Waals surface area contributed by atoms with Crippen LogP contribution in [-0.2, 0) is 18.4 Å². The first-order chi connectivity index (χ1) is 19.1. The van der Waals surface area contributed by atoms with Gasteiger partial charge in [0.25, 0.3) is 5.91 Å². The van der Waals surface area contributed by atoms with Crippen LogP contribution in [0.15, 0.2) is 54.9 Å². The van der Waals surface area contributed by atoms with Gasteiger partial charge < -0.3 is 20.6 Å². The van der Waals surface area contributed by atoms with Crippen molar-refractivity contribution >= 4 is 35.1 Å². The van der Waals surface area contributed by atoms with E-state index in [2.05, 4.69) is 25.7 Å². The van der Waals surface area contributed by atoms with Crippen molar-refractivity contribution in [2.24, 2.45) is 7.05 Å². The number of halogens is 1. The summed E-state index contributed by atoms with van der Waals surface area (Å²) in [6.45, 7) is 5.55. The number of hydrogen-bond acceptors (Lipinski definition) is 7. The number of nitrogens with zero attached hydrogens (tertiary/aromatic N) is 5. The zero-order valence-electron chi connectivity index (χ0n) is 22.6. The zero-order valence-corrected chi connectivity index (χ0v) is 23.4. The molecular weight excluding hydrogens is 530 g/mol. The van der Waals surface area contributed by atoms with Gasteiger partial charge >= 0.3 is 0 Å². The molecule has 0 radical (unpaired) electrons. The van der Waals surface area contributed by atoms with Gasteiger partial charge in [-0.2, -0.15) is 5.10 Å². The predicted octanol–water partition coefficient (Wildman–Crippen LogP) is 4.09. The van der Waals surface area contributed by atoms with Gasteiger partial charge in [0.05, 0.1) is 40.9 Å². The average Bonchev–Trinajstić information content (AvgIpc) is 3.44. The zero-order chi connectivity index (χ0) is 28.6. The van der Waals surface area contributed by atoms with Crippen molar-refractivity contribution in [3.05, 3.63) is 87.8 Å². The number of nitrogens with one attached hydrogen (secondary N) is 2. The van der Waals surface area contributed by atoms with Crippen molar-refractivity contribution in [3.8, 4) is 11.3 Å². The SMILES string of the molecule is Cc1cccc(C(CO)NC(=O)C(C)N2Cc3ccc(-c4nc(Nc5cn(C)nc5C)ncc4Cl)cc3C2=O)c1. The number of amides is 2. The molecule has 0 spiro atoms. The van der Waals surface area contributed by atoms with Gasteiger partial charge in [-0.05, 0) is 38.0 Å². The molecule has 1 aliphatic heterocycles. The molecule has 3 heterocycles. The average molecular weight is 560 g/mol. The lowest BCUT2D eigenvalue weighted by Gasteiger charge is -2.26. The van der Waals surface area contributed by atoms with Gasteiger partial charge in [0, 0.05) is 30.9 Å². The number of aliphatic hydroxyl groups is 1. The van der Waals surface area contributed by atoms with Crippen LogP contribution < -0.4 is 10.6 Å². The van der Waals surface area contributed by atoms with Crippen molar-refractivity contribution < 1.29 is 14.7 Å². The molecule has 0 aliphatic carbocycles. The van der Waals surface area contributed by atoms with Gasteiger partial charge in [-0.25, -0.2) is 9.97 Å². The molecule has 1 aliphatic rings. The highest BCUT2D eigenvalue weighted by atomic mass is 35.5. The third-order valence-electron chi connectivity index (χ3n) is 7.01. The summed E-state index contributed by atoms with van der Waals surface area (Å²) in [6, 6.07) is 11.7. The minimum Gasteiger partial charge on any atom is -0.394 e. The molecule has 10 nitrogen and oxygen atoms in total. The lowest BCUT2D eigenvalue weighted by atomic mass is 10.0. The van der Waals surface area contributed by atoms with Crippen molar-refractivity contribution in [3.63, 3.8) is 0 Å². The van der Waals surface area contributed by atoms with Crippen LogP contribution in [0.4, 0.5) is 11.6 Å². The standard InChI is InChI=1S/C29H30ClN7O3/c1-16-6-5-7-19(10-16)25(15-38)32-27(39)18(3)37-13-21-9-8-20(11-22(21)28(37)40)26-23(30)12-31-29(34-26)33-24-14-36(4)35-17(24)2/h5-12,14,18,25,38H,13,15H2,1-4H3,(H,32,39)(H,31,33,34). The van der Waals surface area contributed by atoms with Crippen LogP contribution in [-0.4, -0.2) is 54.2 Å². The maximum absolute atomic E-state index is 13.4. The van der Waals surface area contributed by atoms with Crippen LogP contribution in [0, 0.1) is 13.8 Å². The minimum atomic E-state index is -0.747. The van der Waals surface area contributed by atoms with Gasteiger partial charge in [0.2, 0.25) is 11.9 Å². The van der Waals surface area contributed by atoms with Crippen LogP contribution in [0.1, 0.15) is 45.7 Å². The van der Waals surface area contributed by atoms with Gasteiger partial charge in [-0.1, -0.05) is 53.6 Å². The van der Waals surface area contributed by atoms with Crippen molar-refractivity contribution in [2.45, 2.75) is 39.4 Å². The largest absolute Gasteiger partial charge is 0.394 e. The molecule has 4 aromatic rings. The smallest absolute Gasteiger partial charge is 0.255 e. The monoisotopic (exact) mass is 559 g/mol. The van der Waals surface area contributed by atoms with E-state index in [4.69, 9.17) is 11.6 Å². The first-order valence-electron chi connectivity index (χ1n) is 12.9. The Bertz CT molecular complexity index is 1600. The Balaban J connectivity index is 1.34. The quantitative estimate of drug-likeness (QED) is 0.297. The molecule has 0 bridgehead atoms. The van der Waals surface area contributed by atoms with Gasteiger partial charge in [0.15, 0.2) is 0 Å². The summed E-state index contributed by atoms with van der Waals surface area (Å²) in [5.41, 5.74) is 5.83. The topological polar surface area (TPSA) is 125 Å². The van der Waals surface area contributed by atoms with Crippen molar-refractivity contribution in [2.75, 3.05) is 11.9 Å². The molecule has 0 fully saturated rings. The summed E-state index contributed by atoms with van der Waals surface area (Å²) in [7, 11) is 1.83. The predicted molar refractivity (Wildman–Crippen MR) is 152 cm³/mol. The van der Waals surface area contributed by atoms with E-state index in [0.29, 0.717) is 34.3 Å². The highest BCUT2D eigenvalue weighted by Gasteiger charge is 2.35. The second-order valence-electron chi connectivity index (χ2n) is 9.96. The van der Waals surface area contributed by atoms with Crippen LogP contribution in [0.3, 0.4) is 0 Å². The number of aliphatic hydroxyl groups excluding tert-OH is 1. The Morgan fingerprint density at radius 1 is 1.20 bits per heavy atom. The van der Waals surface area contributed by atoms with E-state index in [9.17, 15) is 14.7 Å². The molecule has 40 heavy (non-hydrogen) atoms. The summed E-state index contributed by atoms with van der Waals surface area (Å²) < 4.78 is 1.69. The Morgan fingerprint density at radius 2 is 2.00 bits per heavy atom. The lowest BCUT2D eigenvalue weighted by molar-refractivity contribution is -0.126. The van der Waals surface area contributed by atoms with E-state index in [1.807, 2.05) is 63.5 Å². The molecule has 2 atom stereocenters. The fraction of sp³-hybridized carbons (Fsp3) is 0.276. The number of anilines is 2. The molecule has 2 aromatic carbocycles. The first-order valence-corrected chi connectivity index (χ1v) is 13.2. The van der Waals surface area contributed by atoms with Crippen molar-refractivity contribution in [1.82, 2.24) is 30.0 Å². The summed E-state index contributed by atoms with van der Waals surface area (Å²) in [6.07, 6.45) is 3.34. The maximum atomic E-state index is 13.4.